The van der Waals surface area contributed by atoms with Crippen LogP contribution in [0.1, 0.15) is 55.5 Å². The number of benzene rings is 1. The normalized spacial score (nSPS) is 12.1. The zero-order chi connectivity index (χ0) is 25.6. The number of carbonyl (C=O) groups excluding carboxylic acids is 2. The van der Waals surface area contributed by atoms with Gasteiger partial charge in [-0.15, -0.1) is 28.1 Å². The quantitative estimate of drug-likeness (QED) is 0.217. The Labute approximate surface area is 213 Å². The molecule has 3 aromatic rings. The number of thioether (sulfide) groups is 1. The molecule has 2 heterocycles. The molecule has 2 aromatic heterocycles. The Bertz CT molecular complexity index is 1180. The van der Waals surface area contributed by atoms with E-state index in [2.05, 4.69) is 55.0 Å². The van der Waals surface area contributed by atoms with Gasteiger partial charge in [-0.3, -0.25) is 9.36 Å². The van der Waals surface area contributed by atoms with Crippen LogP contribution in [0, 0.1) is 0 Å². The molecule has 8 nitrogen and oxygen atoms in total. The summed E-state index contributed by atoms with van der Waals surface area (Å²) in [6, 6.07) is 9.66. The first-order valence-corrected chi connectivity index (χ1v) is 12.9. The maximum absolute atomic E-state index is 12.5. The predicted octanol–water partition coefficient (Wildman–Crippen LogP) is 5.48. The number of hydrogen-bond donors (Lipinski definition) is 1. The number of hydrogen-bond acceptors (Lipinski definition) is 8. The number of esters is 1. The predicted molar refractivity (Wildman–Crippen MR) is 139 cm³/mol. The molecule has 1 atom stereocenters. The van der Waals surface area contributed by atoms with Crippen molar-refractivity contribution in [2.45, 2.75) is 50.9 Å². The number of rotatable bonds is 10. The first-order valence-electron chi connectivity index (χ1n) is 11.0. The van der Waals surface area contributed by atoms with Gasteiger partial charge in [0, 0.05) is 6.54 Å². The molecule has 1 N–H and O–H groups in total. The van der Waals surface area contributed by atoms with Gasteiger partial charge in [0.1, 0.15) is 10.8 Å². The lowest BCUT2D eigenvalue weighted by atomic mass is 9.87. The van der Waals surface area contributed by atoms with E-state index in [4.69, 9.17) is 9.47 Å². The van der Waals surface area contributed by atoms with Crippen LogP contribution in [0.3, 0.4) is 0 Å². The molecule has 0 saturated heterocycles. The molecule has 0 fully saturated rings. The zero-order valence-electron chi connectivity index (χ0n) is 20.5. The molecular weight excluding hydrogens is 484 g/mol. The second kappa shape index (κ2) is 11.5. The Morgan fingerprint density at radius 2 is 1.94 bits per heavy atom. The maximum Gasteiger partial charge on any atom is 0.340 e. The number of ether oxygens (including phenoxy) is 2. The fourth-order valence-electron chi connectivity index (χ4n) is 3.27. The largest absolute Gasteiger partial charge is 0.483 e. The Hall–Kier alpha value is -3.11. The molecule has 1 aromatic carbocycles. The molecule has 35 heavy (non-hydrogen) atoms. The number of amides is 1. The van der Waals surface area contributed by atoms with E-state index in [1.807, 2.05) is 23.6 Å². The second-order valence-electron chi connectivity index (χ2n) is 8.77. The van der Waals surface area contributed by atoms with Gasteiger partial charge in [0.25, 0.3) is 0 Å². The van der Waals surface area contributed by atoms with E-state index in [1.54, 1.807) is 17.5 Å². The number of allylic oxidation sites excluding steroid dienone is 1. The van der Waals surface area contributed by atoms with Gasteiger partial charge in [-0.05, 0) is 41.5 Å². The summed E-state index contributed by atoms with van der Waals surface area (Å²) in [4.78, 5) is 24.3. The minimum absolute atomic E-state index is 0.0665. The molecular formula is C25H30N4O4S2. The van der Waals surface area contributed by atoms with Crippen molar-refractivity contribution in [2.24, 2.45) is 0 Å². The van der Waals surface area contributed by atoms with Crippen LogP contribution in [0.4, 0.5) is 5.00 Å². The van der Waals surface area contributed by atoms with Crippen molar-refractivity contribution >= 4 is 40.0 Å². The number of nitrogens with zero attached hydrogens (tertiary/aromatic N) is 3. The molecule has 0 aliphatic heterocycles. The van der Waals surface area contributed by atoms with Crippen LogP contribution in [-0.4, -0.2) is 39.5 Å². The van der Waals surface area contributed by atoms with E-state index >= 15 is 0 Å². The van der Waals surface area contributed by atoms with Crippen LogP contribution in [-0.2, 0) is 21.5 Å². The summed E-state index contributed by atoms with van der Waals surface area (Å²) < 4.78 is 12.7. The van der Waals surface area contributed by atoms with Crippen LogP contribution < -0.4 is 10.1 Å². The van der Waals surface area contributed by atoms with E-state index < -0.39 is 5.97 Å². The van der Waals surface area contributed by atoms with Gasteiger partial charge in [0.05, 0.1) is 18.4 Å². The Morgan fingerprint density at radius 1 is 1.23 bits per heavy atom. The fourth-order valence-corrected chi connectivity index (χ4v) is 4.81. The summed E-state index contributed by atoms with van der Waals surface area (Å²) in [5.41, 5.74) is 1.62. The highest BCUT2D eigenvalue weighted by Gasteiger charge is 2.21. The molecule has 1 amide bonds. The number of carbonyl (C=O) groups is 2. The van der Waals surface area contributed by atoms with Crippen LogP contribution >= 0.6 is 23.1 Å². The third kappa shape index (κ3) is 6.73. The third-order valence-electron chi connectivity index (χ3n) is 5.11. The van der Waals surface area contributed by atoms with Crippen LogP contribution in [0.15, 0.2) is 53.5 Å². The first kappa shape index (κ1) is 26.5. The van der Waals surface area contributed by atoms with Crippen LogP contribution in [0.5, 0.6) is 5.75 Å². The monoisotopic (exact) mass is 514 g/mol. The number of aromatic nitrogens is 3. The third-order valence-corrected chi connectivity index (χ3v) is 6.91. The standard InChI is InChI=1S/C25H30N4O4S2/c1-7-13-29-21(16(2)33-18-10-8-17(9-11-18)25(3,4)5)27-28-24(29)35-15-20(30)26-22-19(12-14-34-22)23(31)32-6/h7-12,14,16H,1,13,15H2,2-6H3,(H,26,30). The molecule has 0 saturated carbocycles. The Balaban J connectivity index is 1.67. The fraction of sp³-hybridized carbons (Fsp3) is 0.360. The number of nitrogens with one attached hydrogen (secondary N) is 1. The number of methoxy groups -OCH3 is 1. The molecule has 0 radical (unpaired) electrons. The SMILES string of the molecule is C=CCn1c(SCC(=O)Nc2sccc2C(=O)OC)nnc1C(C)Oc1ccc(C(C)(C)C)cc1. The van der Waals surface area contributed by atoms with Crippen molar-refractivity contribution < 1.29 is 19.1 Å². The second-order valence-corrected chi connectivity index (χ2v) is 10.6. The van der Waals surface area contributed by atoms with Crippen molar-refractivity contribution in [1.82, 2.24) is 14.8 Å². The van der Waals surface area contributed by atoms with Gasteiger partial charge in [-0.2, -0.15) is 0 Å². The maximum atomic E-state index is 12.5. The van der Waals surface area contributed by atoms with Crippen molar-refractivity contribution in [2.75, 3.05) is 18.2 Å². The smallest absolute Gasteiger partial charge is 0.340 e. The van der Waals surface area contributed by atoms with Gasteiger partial charge in [0.2, 0.25) is 5.91 Å². The van der Waals surface area contributed by atoms with Gasteiger partial charge in [-0.25, -0.2) is 4.79 Å². The van der Waals surface area contributed by atoms with E-state index in [0.29, 0.717) is 28.1 Å². The average Bonchev–Trinajstić information content (AvgIpc) is 3.44. The molecule has 10 heteroatoms. The molecule has 0 bridgehead atoms. The number of anilines is 1. The summed E-state index contributed by atoms with van der Waals surface area (Å²) in [6.45, 7) is 12.7. The van der Waals surface area contributed by atoms with E-state index in [9.17, 15) is 9.59 Å². The van der Waals surface area contributed by atoms with Crippen molar-refractivity contribution in [3.8, 4) is 5.75 Å². The van der Waals surface area contributed by atoms with Gasteiger partial charge < -0.3 is 14.8 Å². The topological polar surface area (TPSA) is 95.3 Å². The Kier molecular flexibility index (Phi) is 8.74. The first-order chi connectivity index (χ1) is 16.6. The zero-order valence-corrected chi connectivity index (χ0v) is 22.2. The summed E-state index contributed by atoms with van der Waals surface area (Å²) in [7, 11) is 1.30. The average molecular weight is 515 g/mol. The minimum atomic E-state index is -0.494. The summed E-state index contributed by atoms with van der Waals surface area (Å²) in [5.74, 6) is 0.716. The lowest BCUT2D eigenvalue weighted by molar-refractivity contribution is -0.113. The molecule has 3 rings (SSSR count). The van der Waals surface area contributed by atoms with Crippen molar-refractivity contribution in [3.63, 3.8) is 0 Å². The lowest BCUT2D eigenvalue weighted by Crippen LogP contribution is -2.16. The lowest BCUT2D eigenvalue weighted by Gasteiger charge is -2.20. The summed E-state index contributed by atoms with van der Waals surface area (Å²) >= 11 is 2.51. The Morgan fingerprint density at radius 3 is 2.57 bits per heavy atom. The molecule has 0 aliphatic carbocycles. The van der Waals surface area contributed by atoms with Crippen LogP contribution in [0.2, 0.25) is 0 Å². The molecule has 186 valence electrons. The van der Waals surface area contributed by atoms with E-state index in [0.717, 1.165) is 5.75 Å². The van der Waals surface area contributed by atoms with Gasteiger partial charge in [0.15, 0.2) is 17.1 Å². The van der Waals surface area contributed by atoms with E-state index in [1.165, 1.54) is 35.8 Å². The summed E-state index contributed by atoms with van der Waals surface area (Å²) in [5, 5.41) is 14.1. The minimum Gasteiger partial charge on any atom is -0.483 e. The van der Waals surface area contributed by atoms with Crippen molar-refractivity contribution in [1.29, 1.82) is 0 Å². The highest BCUT2D eigenvalue weighted by atomic mass is 32.2. The summed E-state index contributed by atoms with van der Waals surface area (Å²) in [6.07, 6.45) is 1.38. The molecule has 0 spiro atoms. The molecule has 1 unspecified atom stereocenters. The van der Waals surface area contributed by atoms with Gasteiger partial charge in [-0.1, -0.05) is 50.7 Å². The number of thiophene rings is 1. The molecule has 0 aliphatic rings. The highest BCUT2D eigenvalue weighted by molar-refractivity contribution is 7.99. The van der Waals surface area contributed by atoms with E-state index in [-0.39, 0.29) is 23.2 Å². The highest BCUT2D eigenvalue weighted by Crippen LogP contribution is 2.28. The van der Waals surface area contributed by atoms with Crippen LogP contribution in [0.25, 0.3) is 0 Å². The van der Waals surface area contributed by atoms with Gasteiger partial charge >= 0.3 is 5.97 Å². The van der Waals surface area contributed by atoms with Crippen molar-refractivity contribution in [3.05, 3.63) is 65.3 Å².